The topological polar surface area (TPSA) is 61.0 Å². The monoisotopic (exact) mass is 243 g/mol. The number of aromatic nitrogens is 2. The Labute approximate surface area is 94.2 Å². The molecule has 0 saturated carbocycles. The van der Waals surface area contributed by atoms with Crippen molar-refractivity contribution in [3.63, 3.8) is 0 Å². The minimum atomic E-state index is -4.41. The standard InChI is InChI=1S/C10H8F3N3O/c11-10(12,13)5-17-9-6-2-1-3-15-8(6)7(14)4-16-9/h1-4H,5,14H2. The third-order valence-corrected chi connectivity index (χ3v) is 2.00. The molecule has 2 heterocycles. The van der Waals surface area contributed by atoms with Crippen LogP contribution in [0.2, 0.25) is 0 Å². The first-order valence-corrected chi connectivity index (χ1v) is 4.66. The first-order chi connectivity index (χ1) is 7.97. The molecule has 0 fully saturated rings. The normalized spacial score (nSPS) is 11.7. The van der Waals surface area contributed by atoms with E-state index >= 15 is 0 Å². The van der Waals surface area contributed by atoms with Crippen molar-refractivity contribution in [2.75, 3.05) is 12.3 Å². The van der Waals surface area contributed by atoms with E-state index in [0.29, 0.717) is 16.6 Å². The summed E-state index contributed by atoms with van der Waals surface area (Å²) in [6, 6.07) is 3.13. The van der Waals surface area contributed by atoms with Gasteiger partial charge >= 0.3 is 6.18 Å². The molecule has 0 spiro atoms. The Kier molecular flexibility index (Phi) is 2.74. The molecule has 0 unspecified atom stereocenters. The van der Waals surface area contributed by atoms with Crippen molar-refractivity contribution in [1.82, 2.24) is 9.97 Å². The van der Waals surface area contributed by atoms with Gasteiger partial charge in [-0.15, -0.1) is 0 Å². The summed E-state index contributed by atoms with van der Waals surface area (Å²) in [5, 5.41) is 0.358. The summed E-state index contributed by atoms with van der Waals surface area (Å²) in [6.07, 6.45) is -1.69. The highest BCUT2D eigenvalue weighted by Gasteiger charge is 2.29. The molecule has 4 nitrogen and oxygen atoms in total. The Morgan fingerprint density at radius 2 is 2.06 bits per heavy atom. The Hall–Kier alpha value is -2.05. The zero-order chi connectivity index (χ0) is 12.5. The summed E-state index contributed by atoms with van der Waals surface area (Å²) in [4.78, 5) is 7.68. The number of nitrogens with zero attached hydrogens (tertiary/aromatic N) is 2. The maximum atomic E-state index is 12.0. The third-order valence-electron chi connectivity index (χ3n) is 2.00. The van der Waals surface area contributed by atoms with Crippen LogP contribution in [0.15, 0.2) is 24.5 Å². The Bertz CT molecular complexity index is 542. The van der Waals surface area contributed by atoms with E-state index in [0.717, 1.165) is 0 Å². The number of nitrogen functional groups attached to an aromatic ring is 1. The molecule has 0 aliphatic rings. The largest absolute Gasteiger partial charge is 0.468 e. The van der Waals surface area contributed by atoms with Crippen molar-refractivity contribution in [3.05, 3.63) is 24.5 Å². The Morgan fingerprint density at radius 1 is 1.29 bits per heavy atom. The lowest BCUT2D eigenvalue weighted by atomic mass is 10.2. The SMILES string of the molecule is Nc1cnc(OCC(F)(F)F)c2cccnc12. The maximum Gasteiger partial charge on any atom is 0.422 e. The predicted octanol–water partition coefficient (Wildman–Crippen LogP) is 2.15. The lowest BCUT2D eigenvalue weighted by Crippen LogP contribution is -2.19. The highest BCUT2D eigenvalue weighted by Crippen LogP contribution is 2.27. The van der Waals surface area contributed by atoms with Gasteiger partial charge in [0, 0.05) is 6.20 Å². The van der Waals surface area contributed by atoms with Crippen LogP contribution in [0.3, 0.4) is 0 Å². The smallest absolute Gasteiger partial charge is 0.422 e. The fraction of sp³-hybridized carbons (Fsp3) is 0.200. The first kappa shape index (κ1) is 11.4. The second-order valence-corrected chi connectivity index (χ2v) is 3.32. The van der Waals surface area contributed by atoms with E-state index in [2.05, 4.69) is 14.7 Å². The lowest BCUT2D eigenvalue weighted by Gasteiger charge is -2.10. The fourth-order valence-corrected chi connectivity index (χ4v) is 1.33. The summed E-state index contributed by atoms with van der Waals surface area (Å²) < 4.78 is 40.7. The van der Waals surface area contributed by atoms with E-state index in [4.69, 9.17) is 5.73 Å². The molecule has 0 aliphatic heterocycles. The van der Waals surface area contributed by atoms with Crippen molar-refractivity contribution in [2.45, 2.75) is 6.18 Å². The van der Waals surface area contributed by atoms with Gasteiger partial charge in [0.1, 0.15) is 5.52 Å². The van der Waals surface area contributed by atoms with Crippen molar-refractivity contribution < 1.29 is 17.9 Å². The number of hydrogen-bond donors (Lipinski definition) is 1. The van der Waals surface area contributed by atoms with Crippen LogP contribution >= 0.6 is 0 Å². The Morgan fingerprint density at radius 3 is 2.76 bits per heavy atom. The first-order valence-electron chi connectivity index (χ1n) is 4.66. The molecular weight excluding hydrogens is 235 g/mol. The highest BCUT2D eigenvalue weighted by atomic mass is 19.4. The van der Waals surface area contributed by atoms with Crippen molar-refractivity contribution >= 4 is 16.6 Å². The van der Waals surface area contributed by atoms with Crippen molar-refractivity contribution in [2.24, 2.45) is 0 Å². The molecule has 0 atom stereocenters. The Balaban J connectivity index is 2.38. The molecule has 17 heavy (non-hydrogen) atoms. The average Bonchev–Trinajstić information content (AvgIpc) is 2.27. The number of rotatable bonds is 2. The van der Waals surface area contributed by atoms with Gasteiger partial charge in [0.2, 0.25) is 5.88 Å². The molecule has 2 aromatic heterocycles. The van der Waals surface area contributed by atoms with Crippen molar-refractivity contribution in [1.29, 1.82) is 0 Å². The summed E-state index contributed by atoms with van der Waals surface area (Å²) in [6.45, 7) is -1.39. The number of anilines is 1. The number of nitrogens with two attached hydrogens (primary N) is 1. The number of pyridine rings is 2. The van der Waals surface area contributed by atoms with Crippen LogP contribution in [0.25, 0.3) is 10.9 Å². The molecule has 90 valence electrons. The van der Waals surface area contributed by atoms with Gasteiger partial charge in [-0.1, -0.05) is 0 Å². The minimum absolute atomic E-state index is 0.125. The lowest BCUT2D eigenvalue weighted by molar-refractivity contribution is -0.153. The van der Waals surface area contributed by atoms with Crippen LogP contribution in [0.4, 0.5) is 18.9 Å². The molecule has 0 aromatic carbocycles. The van der Waals surface area contributed by atoms with Crippen LogP contribution in [0.1, 0.15) is 0 Å². The number of ether oxygens (including phenoxy) is 1. The van der Waals surface area contributed by atoms with Gasteiger partial charge in [-0.25, -0.2) is 4.98 Å². The molecule has 0 saturated heterocycles. The van der Waals surface area contributed by atoms with Gasteiger partial charge < -0.3 is 10.5 Å². The van der Waals surface area contributed by atoms with Crippen LogP contribution < -0.4 is 10.5 Å². The third kappa shape index (κ3) is 2.55. The van der Waals surface area contributed by atoms with Gasteiger partial charge in [0.25, 0.3) is 0 Å². The van der Waals surface area contributed by atoms with E-state index in [1.54, 1.807) is 12.1 Å². The summed E-state index contributed by atoms with van der Waals surface area (Å²) in [5.41, 5.74) is 6.27. The number of alkyl halides is 3. The fourth-order valence-electron chi connectivity index (χ4n) is 1.33. The molecule has 2 aromatic rings. The zero-order valence-corrected chi connectivity index (χ0v) is 8.53. The van der Waals surface area contributed by atoms with E-state index in [-0.39, 0.29) is 5.88 Å². The zero-order valence-electron chi connectivity index (χ0n) is 8.53. The summed E-state index contributed by atoms with van der Waals surface area (Å²) in [5.74, 6) is -0.125. The van der Waals surface area contributed by atoms with Gasteiger partial charge in [-0.05, 0) is 12.1 Å². The van der Waals surface area contributed by atoms with Gasteiger partial charge in [-0.2, -0.15) is 13.2 Å². The molecule has 0 amide bonds. The number of hydrogen-bond acceptors (Lipinski definition) is 4. The maximum absolute atomic E-state index is 12.0. The second kappa shape index (κ2) is 4.08. The number of fused-ring (bicyclic) bond motifs is 1. The van der Waals surface area contributed by atoms with Crippen LogP contribution in [0.5, 0.6) is 5.88 Å². The summed E-state index contributed by atoms with van der Waals surface area (Å²) >= 11 is 0. The predicted molar refractivity (Wildman–Crippen MR) is 55.5 cm³/mol. The van der Waals surface area contributed by atoms with Crippen LogP contribution in [-0.2, 0) is 0 Å². The van der Waals surface area contributed by atoms with E-state index in [1.165, 1.54) is 12.4 Å². The molecule has 0 aliphatic carbocycles. The molecule has 0 radical (unpaired) electrons. The molecule has 7 heteroatoms. The van der Waals surface area contributed by atoms with Crippen LogP contribution in [-0.4, -0.2) is 22.8 Å². The quantitative estimate of drug-likeness (QED) is 0.877. The average molecular weight is 243 g/mol. The van der Waals surface area contributed by atoms with Gasteiger partial charge in [0.05, 0.1) is 17.3 Å². The van der Waals surface area contributed by atoms with Crippen LogP contribution in [0, 0.1) is 0 Å². The van der Waals surface area contributed by atoms with Crippen molar-refractivity contribution in [3.8, 4) is 5.88 Å². The van der Waals surface area contributed by atoms with Gasteiger partial charge in [0.15, 0.2) is 6.61 Å². The molecular formula is C10H8F3N3O. The van der Waals surface area contributed by atoms with Gasteiger partial charge in [-0.3, -0.25) is 4.98 Å². The van der Waals surface area contributed by atoms with E-state index in [1.807, 2.05) is 0 Å². The summed E-state index contributed by atoms with van der Waals surface area (Å²) in [7, 11) is 0. The molecule has 0 bridgehead atoms. The minimum Gasteiger partial charge on any atom is -0.468 e. The second-order valence-electron chi connectivity index (χ2n) is 3.32. The number of halogens is 3. The van der Waals surface area contributed by atoms with E-state index in [9.17, 15) is 13.2 Å². The highest BCUT2D eigenvalue weighted by molar-refractivity contribution is 5.91. The molecule has 2 rings (SSSR count). The van der Waals surface area contributed by atoms with E-state index < -0.39 is 12.8 Å². The molecule has 2 N–H and O–H groups in total.